The van der Waals surface area contributed by atoms with Gasteiger partial charge in [0.05, 0.1) is 0 Å². The molecule has 2 aromatic carbocycles. The smallest absolute Gasteiger partial charge is 0.227 e. The monoisotopic (exact) mass is 422 g/mol. The molecule has 0 amide bonds. The van der Waals surface area contributed by atoms with Crippen LogP contribution in [-0.2, 0) is 10.5 Å². The Hall–Kier alpha value is -2.57. The van der Waals surface area contributed by atoms with Crippen molar-refractivity contribution in [2.45, 2.75) is 36.2 Å². The fourth-order valence-electron chi connectivity index (χ4n) is 3.87. The standard InChI is InChI=1S/C22H19ClN4OS/c23-16-11-9-15(10-12-16)20-19-17(7-4-8-18(19)28)24-21-25-22(26-27(20)21)29-13-14-5-2-1-3-6-14/h1-3,5-6,9-12,20H,4,7-8,13H2,(H,24,25,26)/t20-/m1/s1. The summed E-state index contributed by atoms with van der Waals surface area (Å²) >= 11 is 7.68. The molecule has 1 N–H and O–H groups in total. The van der Waals surface area contributed by atoms with Crippen molar-refractivity contribution in [1.82, 2.24) is 14.8 Å². The maximum absolute atomic E-state index is 12.8. The highest BCUT2D eigenvalue weighted by Gasteiger charge is 2.36. The molecule has 0 radical (unpaired) electrons. The fraction of sp³-hybridized carbons (Fsp3) is 0.227. The number of benzene rings is 2. The molecule has 146 valence electrons. The zero-order valence-electron chi connectivity index (χ0n) is 15.6. The van der Waals surface area contributed by atoms with Crippen LogP contribution in [0.5, 0.6) is 0 Å². The van der Waals surface area contributed by atoms with Crippen molar-refractivity contribution in [1.29, 1.82) is 0 Å². The molecule has 5 rings (SSSR count). The Labute approximate surface area is 178 Å². The summed E-state index contributed by atoms with van der Waals surface area (Å²) in [6.45, 7) is 0. The van der Waals surface area contributed by atoms with Gasteiger partial charge in [0, 0.05) is 28.5 Å². The normalized spacial score (nSPS) is 18.2. The van der Waals surface area contributed by atoms with E-state index < -0.39 is 0 Å². The summed E-state index contributed by atoms with van der Waals surface area (Å²) in [6.07, 6.45) is 2.29. The molecule has 29 heavy (non-hydrogen) atoms. The second kappa shape index (κ2) is 7.69. The number of ketones is 1. The average molecular weight is 423 g/mol. The third-order valence-corrected chi connectivity index (χ3v) is 6.41. The Balaban J connectivity index is 1.52. The number of carbonyl (C=O) groups excluding carboxylic acids is 1. The molecule has 1 atom stereocenters. The number of fused-ring (bicyclic) bond motifs is 1. The van der Waals surface area contributed by atoms with E-state index in [0.29, 0.717) is 22.5 Å². The summed E-state index contributed by atoms with van der Waals surface area (Å²) in [6, 6.07) is 17.6. The van der Waals surface area contributed by atoms with E-state index in [1.54, 1.807) is 11.8 Å². The number of halogens is 1. The number of carbonyl (C=O) groups is 1. The first-order chi connectivity index (χ1) is 14.2. The van der Waals surface area contributed by atoms with E-state index in [1.807, 2.05) is 47.1 Å². The highest BCUT2D eigenvalue weighted by Crippen LogP contribution is 2.40. The number of Topliss-reactive ketones (excluding diaryl/α,β-unsaturated/α-hetero) is 1. The van der Waals surface area contributed by atoms with Crippen LogP contribution in [0.4, 0.5) is 5.95 Å². The second-order valence-corrected chi connectivity index (χ2v) is 8.56. The maximum Gasteiger partial charge on any atom is 0.227 e. The quantitative estimate of drug-likeness (QED) is 0.582. The van der Waals surface area contributed by atoms with Crippen LogP contribution in [0.1, 0.15) is 36.4 Å². The lowest BCUT2D eigenvalue weighted by Crippen LogP contribution is -2.31. The van der Waals surface area contributed by atoms with Gasteiger partial charge >= 0.3 is 0 Å². The SMILES string of the molecule is O=C1CCCC2=C1[C@@H](c1ccc(Cl)cc1)n1nc(SCc3ccccc3)nc1N2. The summed E-state index contributed by atoms with van der Waals surface area (Å²) in [5.41, 5.74) is 3.99. The van der Waals surface area contributed by atoms with Gasteiger partial charge in [-0.3, -0.25) is 4.79 Å². The topological polar surface area (TPSA) is 59.8 Å². The van der Waals surface area contributed by atoms with E-state index in [1.165, 1.54) is 5.56 Å². The van der Waals surface area contributed by atoms with E-state index in [0.717, 1.165) is 35.4 Å². The summed E-state index contributed by atoms with van der Waals surface area (Å²) in [5.74, 6) is 1.66. The highest BCUT2D eigenvalue weighted by molar-refractivity contribution is 7.98. The lowest BCUT2D eigenvalue weighted by molar-refractivity contribution is -0.116. The number of rotatable bonds is 4. The maximum atomic E-state index is 12.8. The Morgan fingerprint density at radius 3 is 2.69 bits per heavy atom. The van der Waals surface area contributed by atoms with Crippen LogP contribution in [0.2, 0.25) is 5.02 Å². The summed E-state index contributed by atoms with van der Waals surface area (Å²) in [4.78, 5) is 17.5. The number of allylic oxidation sites excluding steroid dienone is 2. The molecule has 3 aromatic rings. The van der Waals surface area contributed by atoms with Gasteiger partial charge in [-0.2, -0.15) is 4.98 Å². The van der Waals surface area contributed by atoms with Gasteiger partial charge in [-0.15, -0.1) is 5.10 Å². The first-order valence-corrected chi connectivity index (χ1v) is 11.0. The van der Waals surface area contributed by atoms with E-state index >= 15 is 0 Å². The van der Waals surface area contributed by atoms with Gasteiger partial charge < -0.3 is 5.32 Å². The zero-order chi connectivity index (χ0) is 19.8. The number of anilines is 1. The molecular weight excluding hydrogens is 404 g/mol. The molecular formula is C22H19ClN4OS. The van der Waals surface area contributed by atoms with Crippen molar-refractivity contribution in [3.63, 3.8) is 0 Å². The van der Waals surface area contributed by atoms with Crippen LogP contribution < -0.4 is 5.32 Å². The van der Waals surface area contributed by atoms with Crippen molar-refractivity contribution in [3.05, 3.63) is 82.0 Å². The average Bonchev–Trinajstić information content (AvgIpc) is 3.15. The predicted molar refractivity (Wildman–Crippen MR) is 115 cm³/mol. The number of nitrogens with one attached hydrogen (secondary N) is 1. The number of hydrogen-bond donors (Lipinski definition) is 1. The van der Waals surface area contributed by atoms with Crippen LogP contribution in [0.3, 0.4) is 0 Å². The molecule has 1 aromatic heterocycles. The molecule has 2 heterocycles. The van der Waals surface area contributed by atoms with Gasteiger partial charge in [-0.05, 0) is 36.1 Å². The third kappa shape index (κ3) is 3.58. The minimum absolute atomic E-state index is 0.179. The summed E-state index contributed by atoms with van der Waals surface area (Å²) < 4.78 is 1.85. The van der Waals surface area contributed by atoms with Crippen LogP contribution in [0.15, 0.2) is 71.0 Å². The number of thioether (sulfide) groups is 1. The predicted octanol–water partition coefficient (Wildman–Crippen LogP) is 5.25. The van der Waals surface area contributed by atoms with E-state index in [2.05, 4.69) is 17.4 Å². The van der Waals surface area contributed by atoms with Gasteiger partial charge in [0.2, 0.25) is 11.1 Å². The van der Waals surface area contributed by atoms with Crippen LogP contribution in [-0.4, -0.2) is 20.5 Å². The van der Waals surface area contributed by atoms with Gasteiger partial charge in [0.1, 0.15) is 6.04 Å². The van der Waals surface area contributed by atoms with Gasteiger partial charge in [-0.1, -0.05) is 65.8 Å². The Bertz CT molecular complexity index is 1090. The summed E-state index contributed by atoms with van der Waals surface area (Å²) in [5, 5.41) is 9.49. The molecule has 0 saturated heterocycles. The number of hydrogen-bond acceptors (Lipinski definition) is 5. The molecule has 1 aliphatic carbocycles. The van der Waals surface area contributed by atoms with Crippen LogP contribution in [0, 0.1) is 0 Å². The van der Waals surface area contributed by atoms with Crippen molar-refractivity contribution in [2.24, 2.45) is 0 Å². The van der Waals surface area contributed by atoms with Crippen LogP contribution >= 0.6 is 23.4 Å². The highest BCUT2D eigenvalue weighted by atomic mass is 35.5. The van der Waals surface area contributed by atoms with Crippen molar-refractivity contribution in [3.8, 4) is 0 Å². The van der Waals surface area contributed by atoms with Gasteiger partial charge in [-0.25, -0.2) is 4.68 Å². The van der Waals surface area contributed by atoms with E-state index in [9.17, 15) is 4.79 Å². The first-order valence-electron chi connectivity index (χ1n) is 9.61. The molecule has 2 aliphatic rings. The largest absolute Gasteiger partial charge is 0.328 e. The van der Waals surface area contributed by atoms with Gasteiger partial charge in [0.15, 0.2) is 5.78 Å². The first kappa shape index (κ1) is 18.5. The fourth-order valence-corrected chi connectivity index (χ4v) is 4.78. The Morgan fingerprint density at radius 2 is 1.90 bits per heavy atom. The van der Waals surface area contributed by atoms with Crippen LogP contribution in [0.25, 0.3) is 0 Å². The molecule has 0 spiro atoms. The number of aromatic nitrogens is 3. The molecule has 0 bridgehead atoms. The van der Waals surface area contributed by atoms with E-state index in [4.69, 9.17) is 21.7 Å². The lowest BCUT2D eigenvalue weighted by Gasteiger charge is -2.32. The van der Waals surface area contributed by atoms with E-state index in [-0.39, 0.29) is 11.8 Å². The zero-order valence-corrected chi connectivity index (χ0v) is 17.2. The lowest BCUT2D eigenvalue weighted by atomic mass is 9.85. The molecule has 0 unspecified atom stereocenters. The van der Waals surface area contributed by atoms with Crippen molar-refractivity contribution in [2.75, 3.05) is 5.32 Å². The molecule has 0 saturated carbocycles. The minimum Gasteiger partial charge on any atom is -0.328 e. The summed E-state index contributed by atoms with van der Waals surface area (Å²) in [7, 11) is 0. The van der Waals surface area contributed by atoms with Gasteiger partial charge in [0.25, 0.3) is 0 Å². The number of nitrogens with zero attached hydrogens (tertiary/aromatic N) is 3. The van der Waals surface area contributed by atoms with Crippen molar-refractivity contribution < 1.29 is 4.79 Å². The molecule has 1 aliphatic heterocycles. The molecule has 5 nitrogen and oxygen atoms in total. The van der Waals surface area contributed by atoms with Crippen molar-refractivity contribution >= 4 is 35.1 Å². The second-order valence-electron chi connectivity index (χ2n) is 7.18. The third-order valence-electron chi connectivity index (χ3n) is 5.25. The Kier molecular flexibility index (Phi) is 4.89. The Morgan fingerprint density at radius 1 is 1.10 bits per heavy atom. The minimum atomic E-state index is -0.273. The molecule has 7 heteroatoms. The molecule has 0 fully saturated rings.